The molecule has 0 aromatic carbocycles. The number of hydrogen-bond donors (Lipinski definition) is 0. The van der Waals surface area contributed by atoms with Gasteiger partial charge in [0.05, 0.1) is 0 Å². The molecule has 0 amide bonds. The maximum atomic E-state index is 4.96. The fraction of sp³-hybridized carbons (Fsp3) is 0.500. The number of nitrogens with zero attached hydrogens (tertiary/aromatic N) is 1. The molecule has 0 unspecified atom stereocenters. The summed E-state index contributed by atoms with van der Waals surface area (Å²) in [6.45, 7) is 0. The fourth-order valence-electron chi connectivity index (χ4n) is 0.275. The van der Waals surface area contributed by atoms with Crippen molar-refractivity contribution in [1.29, 1.82) is 0 Å². The maximum absolute atomic E-state index is 4.96. The highest BCUT2D eigenvalue weighted by Gasteiger charge is 1.72. The van der Waals surface area contributed by atoms with Gasteiger partial charge in [-0.05, 0) is 6.42 Å². The summed E-state index contributed by atoms with van der Waals surface area (Å²) in [4.78, 5) is 4.39. The summed E-state index contributed by atoms with van der Waals surface area (Å²) in [6.07, 6.45) is 8.14. The highest BCUT2D eigenvalue weighted by Crippen LogP contribution is 1.79. The normalized spacial score (nSPS) is 9.00. The van der Waals surface area contributed by atoms with Crippen LogP contribution >= 0.6 is 0 Å². The van der Waals surface area contributed by atoms with E-state index >= 15 is 0 Å². The largest absolute Gasteiger partial charge is 0.399 e. The summed E-state index contributed by atoms with van der Waals surface area (Å²) in [5.74, 6) is 2.48. The van der Waals surface area contributed by atoms with E-state index in [9.17, 15) is 0 Å². The smallest absolute Gasteiger partial charge is 0.106 e. The van der Waals surface area contributed by atoms with Crippen molar-refractivity contribution >= 4 is 6.21 Å². The van der Waals surface area contributed by atoms with Gasteiger partial charge in [0.15, 0.2) is 0 Å². The minimum Gasteiger partial charge on any atom is -0.399 e. The molecule has 0 saturated carbocycles. The zero-order chi connectivity index (χ0) is 6.24. The van der Waals surface area contributed by atoms with Gasteiger partial charge in [0.1, 0.15) is 7.11 Å². The van der Waals surface area contributed by atoms with Crippen LogP contribution in [-0.2, 0) is 4.84 Å². The van der Waals surface area contributed by atoms with Crippen LogP contribution in [0.2, 0.25) is 0 Å². The first-order valence-corrected chi connectivity index (χ1v) is 2.40. The predicted molar refractivity (Wildman–Crippen MR) is 33.6 cm³/mol. The van der Waals surface area contributed by atoms with Gasteiger partial charge in [-0.15, -0.1) is 12.3 Å². The molecule has 0 fully saturated rings. The first-order chi connectivity index (χ1) is 3.91. The second kappa shape index (κ2) is 6.03. The topological polar surface area (TPSA) is 21.6 Å². The van der Waals surface area contributed by atoms with Crippen LogP contribution in [0, 0.1) is 12.3 Å². The number of hydrogen-bond acceptors (Lipinski definition) is 2. The van der Waals surface area contributed by atoms with Crippen LogP contribution < -0.4 is 0 Å². The average molecular weight is 111 g/mol. The average Bonchev–Trinajstić information content (AvgIpc) is 1.81. The van der Waals surface area contributed by atoms with E-state index in [-0.39, 0.29) is 0 Å². The molecule has 0 aliphatic rings. The van der Waals surface area contributed by atoms with Crippen molar-refractivity contribution in [3.63, 3.8) is 0 Å². The van der Waals surface area contributed by atoms with Crippen molar-refractivity contribution in [2.24, 2.45) is 5.16 Å². The first kappa shape index (κ1) is 7.03. The molecule has 44 valence electrons. The Kier molecular flexibility index (Phi) is 5.30. The zero-order valence-corrected chi connectivity index (χ0v) is 4.92. The monoisotopic (exact) mass is 111 g/mol. The molecule has 0 aliphatic carbocycles. The van der Waals surface area contributed by atoms with Crippen molar-refractivity contribution in [3.05, 3.63) is 0 Å². The quantitative estimate of drug-likeness (QED) is 0.231. The van der Waals surface area contributed by atoms with E-state index in [1.165, 1.54) is 7.11 Å². The molecule has 0 aliphatic heterocycles. The van der Waals surface area contributed by atoms with Gasteiger partial charge < -0.3 is 4.84 Å². The predicted octanol–water partition coefficient (Wildman–Crippen LogP) is 1.03. The molecule has 2 heteroatoms. The molecule has 0 aromatic heterocycles. The van der Waals surface area contributed by atoms with Crippen molar-refractivity contribution < 1.29 is 4.84 Å². The number of terminal acetylenes is 1. The maximum Gasteiger partial charge on any atom is 0.106 e. The Morgan fingerprint density at radius 2 is 2.62 bits per heavy atom. The first-order valence-electron chi connectivity index (χ1n) is 2.40. The van der Waals surface area contributed by atoms with E-state index in [1.54, 1.807) is 6.21 Å². The lowest BCUT2D eigenvalue weighted by Crippen LogP contribution is -1.74. The van der Waals surface area contributed by atoms with Crippen LogP contribution in [0.15, 0.2) is 5.16 Å². The van der Waals surface area contributed by atoms with Crippen LogP contribution in [0.3, 0.4) is 0 Å². The van der Waals surface area contributed by atoms with Crippen molar-refractivity contribution in [1.82, 2.24) is 0 Å². The Hall–Kier alpha value is -0.970. The van der Waals surface area contributed by atoms with Gasteiger partial charge in [-0.2, -0.15) is 0 Å². The molecule has 0 spiro atoms. The van der Waals surface area contributed by atoms with E-state index in [2.05, 4.69) is 15.9 Å². The molecule has 0 atom stereocenters. The van der Waals surface area contributed by atoms with Crippen LogP contribution in [0.1, 0.15) is 12.8 Å². The van der Waals surface area contributed by atoms with E-state index in [1.807, 2.05) is 0 Å². The Balaban J connectivity index is 2.94. The third-order valence-electron chi connectivity index (χ3n) is 0.598. The third-order valence-corrected chi connectivity index (χ3v) is 0.598. The SMILES string of the molecule is C#CCCC=NOC. The molecular weight excluding hydrogens is 102 g/mol. The van der Waals surface area contributed by atoms with Gasteiger partial charge in [-0.25, -0.2) is 0 Å². The Bertz CT molecular complexity index is 102. The summed E-state index contributed by atoms with van der Waals surface area (Å²) in [7, 11) is 1.51. The van der Waals surface area contributed by atoms with Crippen molar-refractivity contribution in [3.8, 4) is 12.3 Å². The van der Waals surface area contributed by atoms with Crippen LogP contribution in [0.4, 0.5) is 0 Å². The number of oxime groups is 1. The van der Waals surface area contributed by atoms with E-state index in [0.717, 1.165) is 12.8 Å². The van der Waals surface area contributed by atoms with Gasteiger partial charge in [0.2, 0.25) is 0 Å². The van der Waals surface area contributed by atoms with Gasteiger partial charge in [0, 0.05) is 12.6 Å². The molecule has 0 radical (unpaired) electrons. The second-order valence-corrected chi connectivity index (χ2v) is 1.21. The summed E-state index contributed by atoms with van der Waals surface area (Å²) < 4.78 is 0. The van der Waals surface area contributed by atoms with Crippen LogP contribution in [-0.4, -0.2) is 13.3 Å². The lowest BCUT2D eigenvalue weighted by molar-refractivity contribution is 0.214. The Labute approximate surface area is 49.5 Å². The highest BCUT2D eigenvalue weighted by molar-refractivity contribution is 5.56. The summed E-state index contributed by atoms with van der Waals surface area (Å²) in [6, 6.07) is 0. The molecular formula is C6H9NO. The molecule has 0 rings (SSSR count). The second-order valence-electron chi connectivity index (χ2n) is 1.21. The van der Waals surface area contributed by atoms with Crippen LogP contribution in [0.5, 0.6) is 0 Å². The molecule has 2 nitrogen and oxygen atoms in total. The zero-order valence-electron chi connectivity index (χ0n) is 4.92. The number of rotatable bonds is 3. The Morgan fingerprint density at radius 1 is 1.88 bits per heavy atom. The summed E-state index contributed by atoms with van der Waals surface area (Å²) in [5, 5.41) is 3.49. The van der Waals surface area contributed by atoms with E-state index < -0.39 is 0 Å². The molecule has 0 N–H and O–H groups in total. The molecule has 8 heavy (non-hydrogen) atoms. The molecule has 0 aromatic rings. The fourth-order valence-corrected chi connectivity index (χ4v) is 0.275. The van der Waals surface area contributed by atoms with Crippen LogP contribution in [0.25, 0.3) is 0 Å². The van der Waals surface area contributed by atoms with E-state index in [0.29, 0.717) is 0 Å². The minimum absolute atomic E-state index is 0.729. The van der Waals surface area contributed by atoms with Gasteiger partial charge in [-0.3, -0.25) is 0 Å². The van der Waals surface area contributed by atoms with E-state index in [4.69, 9.17) is 6.42 Å². The van der Waals surface area contributed by atoms with Crippen molar-refractivity contribution in [2.75, 3.05) is 7.11 Å². The Morgan fingerprint density at radius 3 is 3.12 bits per heavy atom. The summed E-state index contributed by atoms with van der Waals surface area (Å²) in [5.41, 5.74) is 0. The van der Waals surface area contributed by atoms with Gasteiger partial charge >= 0.3 is 0 Å². The third kappa shape index (κ3) is 5.03. The number of unbranched alkanes of at least 4 members (excludes halogenated alkanes) is 1. The lowest BCUT2D eigenvalue weighted by atomic mass is 10.3. The molecule has 0 heterocycles. The molecule has 0 saturated heterocycles. The lowest BCUT2D eigenvalue weighted by Gasteiger charge is -1.82. The standard InChI is InChI=1S/C6H9NO/c1-3-4-5-6-7-8-2/h1,6H,4-5H2,2H3. The van der Waals surface area contributed by atoms with Gasteiger partial charge in [0.25, 0.3) is 0 Å². The molecule has 0 bridgehead atoms. The van der Waals surface area contributed by atoms with Crippen molar-refractivity contribution in [2.45, 2.75) is 12.8 Å². The van der Waals surface area contributed by atoms with Gasteiger partial charge in [-0.1, -0.05) is 5.16 Å². The highest BCUT2D eigenvalue weighted by atomic mass is 16.6. The summed E-state index contributed by atoms with van der Waals surface area (Å²) >= 11 is 0. The minimum atomic E-state index is 0.729.